The molecular weight excluding hydrogens is 415 g/mol. The van der Waals surface area contributed by atoms with Crippen LogP contribution < -0.4 is 23.8 Å². The Kier molecular flexibility index (Phi) is 7.49. The Balaban J connectivity index is 2.23. The summed E-state index contributed by atoms with van der Waals surface area (Å²) < 4.78 is 54.6. The minimum Gasteiger partial charge on any atom is -0.493 e. The molecule has 1 N–H and O–H groups in total. The second-order valence-corrected chi connectivity index (χ2v) is 8.32. The molecule has 0 bridgehead atoms. The van der Waals surface area contributed by atoms with E-state index in [1.807, 2.05) is 0 Å². The van der Waals surface area contributed by atoms with E-state index in [-0.39, 0.29) is 12.2 Å². The van der Waals surface area contributed by atoms with Crippen LogP contribution in [0.15, 0.2) is 36.4 Å². The number of rotatable bonds is 9. The first-order valence-corrected chi connectivity index (χ1v) is 10.8. The van der Waals surface area contributed by atoms with Crippen molar-refractivity contribution in [1.29, 1.82) is 0 Å². The summed E-state index contributed by atoms with van der Waals surface area (Å²) in [5.74, 6) is 0.240. The fraction of sp³-hybridized carbons (Fsp3) is 0.350. The number of halogens is 1. The predicted octanol–water partition coefficient (Wildman–Crippen LogP) is 2.32. The van der Waals surface area contributed by atoms with E-state index in [4.69, 9.17) is 14.2 Å². The summed E-state index contributed by atoms with van der Waals surface area (Å²) in [5.41, 5.74) is 0.854. The summed E-state index contributed by atoms with van der Waals surface area (Å²) in [6.45, 7) is 1.55. The van der Waals surface area contributed by atoms with Gasteiger partial charge in [0, 0.05) is 6.54 Å². The third-order valence-corrected chi connectivity index (χ3v) is 5.60. The number of methoxy groups -OCH3 is 3. The van der Waals surface area contributed by atoms with Gasteiger partial charge in [-0.25, -0.2) is 12.8 Å². The molecule has 0 aliphatic rings. The monoisotopic (exact) mass is 440 g/mol. The molecule has 30 heavy (non-hydrogen) atoms. The molecule has 0 heterocycles. The van der Waals surface area contributed by atoms with Crippen LogP contribution in [-0.4, -0.2) is 48.0 Å². The molecule has 1 amide bonds. The third kappa shape index (κ3) is 5.32. The topological polar surface area (TPSA) is 94.2 Å². The smallest absolute Gasteiger partial charge is 0.243 e. The van der Waals surface area contributed by atoms with Crippen molar-refractivity contribution in [2.45, 2.75) is 19.5 Å². The Morgan fingerprint density at radius 2 is 1.60 bits per heavy atom. The van der Waals surface area contributed by atoms with E-state index < -0.39 is 27.8 Å². The fourth-order valence-corrected chi connectivity index (χ4v) is 4.15. The van der Waals surface area contributed by atoms with Crippen molar-refractivity contribution in [3.05, 3.63) is 47.8 Å². The SMILES string of the molecule is COc1cc(CNC(=O)[C@@H](C)N(c2ccc(F)cc2)S(C)(=O)=O)cc(OC)c1OC. The van der Waals surface area contributed by atoms with Crippen LogP contribution in [0.2, 0.25) is 0 Å². The number of benzene rings is 2. The Bertz CT molecular complexity index is 970. The van der Waals surface area contributed by atoms with Crippen molar-refractivity contribution in [3.8, 4) is 17.2 Å². The number of nitrogens with zero attached hydrogens (tertiary/aromatic N) is 1. The van der Waals surface area contributed by atoms with Gasteiger partial charge in [0.25, 0.3) is 0 Å². The molecule has 10 heteroatoms. The zero-order valence-electron chi connectivity index (χ0n) is 17.4. The Morgan fingerprint density at radius 1 is 1.07 bits per heavy atom. The maximum absolute atomic E-state index is 13.2. The zero-order valence-corrected chi connectivity index (χ0v) is 18.2. The lowest BCUT2D eigenvalue weighted by molar-refractivity contribution is -0.122. The summed E-state index contributed by atoms with van der Waals surface area (Å²) in [6, 6.07) is 7.18. The highest BCUT2D eigenvalue weighted by molar-refractivity contribution is 7.92. The van der Waals surface area contributed by atoms with Crippen LogP contribution in [0.4, 0.5) is 10.1 Å². The molecule has 1 atom stereocenters. The highest BCUT2D eigenvalue weighted by Crippen LogP contribution is 2.38. The number of hydrogen-bond donors (Lipinski definition) is 1. The van der Waals surface area contributed by atoms with Gasteiger partial charge >= 0.3 is 0 Å². The summed E-state index contributed by atoms with van der Waals surface area (Å²) in [4.78, 5) is 12.7. The first-order valence-electron chi connectivity index (χ1n) is 8.94. The molecule has 2 rings (SSSR count). The third-order valence-electron chi connectivity index (χ3n) is 4.36. The number of carbonyl (C=O) groups is 1. The Morgan fingerprint density at radius 3 is 2.03 bits per heavy atom. The van der Waals surface area contributed by atoms with E-state index in [0.717, 1.165) is 22.7 Å². The molecule has 8 nitrogen and oxygen atoms in total. The molecule has 0 spiro atoms. The average Bonchev–Trinajstić information content (AvgIpc) is 2.71. The van der Waals surface area contributed by atoms with E-state index in [1.165, 1.54) is 40.4 Å². The summed E-state index contributed by atoms with van der Waals surface area (Å²) >= 11 is 0. The van der Waals surface area contributed by atoms with Crippen LogP contribution in [0, 0.1) is 5.82 Å². The van der Waals surface area contributed by atoms with Gasteiger partial charge in [0.1, 0.15) is 11.9 Å². The maximum atomic E-state index is 13.2. The van der Waals surface area contributed by atoms with E-state index in [9.17, 15) is 17.6 Å². The van der Waals surface area contributed by atoms with E-state index in [1.54, 1.807) is 12.1 Å². The molecule has 0 saturated carbocycles. The fourth-order valence-electron chi connectivity index (χ4n) is 2.97. The van der Waals surface area contributed by atoms with Crippen molar-refractivity contribution in [3.63, 3.8) is 0 Å². The lowest BCUT2D eigenvalue weighted by atomic mass is 10.1. The minimum absolute atomic E-state index is 0.0981. The van der Waals surface area contributed by atoms with Gasteiger partial charge in [0.05, 0.1) is 33.3 Å². The molecular formula is C20H25FN2O6S. The predicted molar refractivity (Wildman–Crippen MR) is 111 cm³/mol. The molecule has 164 valence electrons. The van der Waals surface area contributed by atoms with Crippen LogP contribution in [-0.2, 0) is 21.4 Å². The van der Waals surface area contributed by atoms with Crippen molar-refractivity contribution in [2.24, 2.45) is 0 Å². The second kappa shape index (κ2) is 9.66. The minimum atomic E-state index is -3.79. The van der Waals surface area contributed by atoms with Gasteiger partial charge in [-0.05, 0) is 48.9 Å². The average molecular weight is 440 g/mol. The van der Waals surface area contributed by atoms with Crippen LogP contribution in [0.1, 0.15) is 12.5 Å². The van der Waals surface area contributed by atoms with Gasteiger partial charge in [0.2, 0.25) is 21.7 Å². The number of ether oxygens (including phenoxy) is 3. The number of carbonyl (C=O) groups excluding carboxylic acids is 1. The van der Waals surface area contributed by atoms with Crippen molar-refractivity contribution in [2.75, 3.05) is 31.9 Å². The maximum Gasteiger partial charge on any atom is 0.243 e. The van der Waals surface area contributed by atoms with E-state index in [2.05, 4.69) is 5.32 Å². The Labute approximate surface area is 175 Å². The van der Waals surface area contributed by atoms with Gasteiger partial charge in [0.15, 0.2) is 11.5 Å². The largest absolute Gasteiger partial charge is 0.493 e. The highest BCUT2D eigenvalue weighted by Gasteiger charge is 2.29. The first-order chi connectivity index (χ1) is 14.1. The van der Waals surface area contributed by atoms with Gasteiger partial charge in [-0.2, -0.15) is 0 Å². The molecule has 2 aromatic carbocycles. The van der Waals surface area contributed by atoms with Crippen LogP contribution in [0.3, 0.4) is 0 Å². The lowest BCUT2D eigenvalue weighted by Crippen LogP contribution is -2.47. The number of hydrogen-bond acceptors (Lipinski definition) is 6. The lowest BCUT2D eigenvalue weighted by Gasteiger charge is -2.28. The highest BCUT2D eigenvalue weighted by atomic mass is 32.2. The number of sulfonamides is 1. The van der Waals surface area contributed by atoms with Gasteiger partial charge in [-0.15, -0.1) is 0 Å². The van der Waals surface area contributed by atoms with Crippen molar-refractivity contribution in [1.82, 2.24) is 5.32 Å². The normalized spacial score (nSPS) is 12.1. The molecule has 0 aliphatic heterocycles. The van der Waals surface area contributed by atoms with Crippen LogP contribution in [0.25, 0.3) is 0 Å². The van der Waals surface area contributed by atoms with E-state index in [0.29, 0.717) is 22.8 Å². The zero-order chi connectivity index (χ0) is 22.5. The molecule has 0 aliphatic carbocycles. The number of anilines is 1. The summed E-state index contributed by atoms with van der Waals surface area (Å²) in [7, 11) is 0.651. The second-order valence-electron chi connectivity index (χ2n) is 6.46. The standard InChI is InChI=1S/C20H25FN2O6S/c1-13(23(30(5,25)26)16-8-6-15(21)7-9-16)20(24)22-12-14-10-17(27-2)19(29-4)18(11-14)28-3/h6-11,13H,12H2,1-5H3,(H,22,24)/t13-/m1/s1. The molecule has 0 unspecified atom stereocenters. The molecule has 0 aromatic heterocycles. The number of amides is 1. The first kappa shape index (κ1) is 23.3. The van der Waals surface area contributed by atoms with Crippen molar-refractivity contribution < 1.29 is 31.8 Å². The van der Waals surface area contributed by atoms with E-state index >= 15 is 0 Å². The van der Waals surface area contributed by atoms with Crippen LogP contribution in [0.5, 0.6) is 17.2 Å². The van der Waals surface area contributed by atoms with Gasteiger partial charge in [-0.3, -0.25) is 9.10 Å². The van der Waals surface area contributed by atoms with Gasteiger partial charge < -0.3 is 19.5 Å². The molecule has 0 radical (unpaired) electrons. The molecule has 0 saturated heterocycles. The molecule has 0 fully saturated rings. The quantitative estimate of drug-likeness (QED) is 0.643. The number of nitrogens with one attached hydrogen (secondary N) is 1. The van der Waals surface area contributed by atoms with Gasteiger partial charge in [-0.1, -0.05) is 0 Å². The van der Waals surface area contributed by atoms with Crippen molar-refractivity contribution >= 4 is 21.6 Å². The van der Waals surface area contributed by atoms with Crippen LogP contribution >= 0.6 is 0 Å². The molecule has 2 aromatic rings. The summed E-state index contributed by atoms with van der Waals surface area (Å²) in [6.07, 6.45) is 0.985. The Hall–Kier alpha value is -3.01. The summed E-state index contributed by atoms with van der Waals surface area (Å²) in [5, 5.41) is 2.70.